The van der Waals surface area contributed by atoms with E-state index < -0.39 is 0 Å². The second-order valence-corrected chi connectivity index (χ2v) is 6.10. The van der Waals surface area contributed by atoms with Gasteiger partial charge in [0.2, 0.25) is 0 Å². The molecule has 0 aliphatic heterocycles. The molecule has 3 rings (SSSR count). The van der Waals surface area contributed by atoms with E-state index in [1.165, 1.54) is 11.9 Å². The fourth-order valence-electron chi connectivity index (χ4n) is 2.74. The first-order chi connectivity index (χ1) is 11.6. The van der Waals surface area contributed by atoms with Crippen LogP contribution in [0.15, 0.2) is 24.5 Å². The number of nitrogens with zero attached hydrogens (tertiary/aromatic N) is 4. The van der Waals surface area contributed by atoms with Gasteiger partial charge in [-0.3, -0.25) is 0 Å². The monoisotopic (exact) mass is 339 g/mol. The van der Waals surface area contributed by atoms with Crippen molar-refractivity contribution in [2.45, 2.75) is 32.7 Å². The first-order valence-electron chi connectivity index (χ1n) is 7.74. The molecule has 0 saturated heterocycles. The van der Waals surface area contributed by atoms with Crippen molar-refractivity contribution in [1.82, 2.24) is 19.5 Å². The Morgan fingerprint density at radius 3 is 2.92 bits per heavy atom. The Bertz CT molecular complexity index is 923. The predicted octanol–water partition coefficient (Wildman–Crippen LogP) is 3.37. The molecule has 0 aliphatic carbocycles. The number of imidazole rings is 1. The number of anilines is 1. The van der Waals surface area contributed by atoms with E-state index in [1.807, 2.05) is 25.1 Å². The third-order valence-corrected chi connectivity index (χ3v) is 4.23. The maximum absolute atomic E-state index is 6.05. The van der Waals surface area contributed by atoms with E-state index in [0.29, 0.717) is 24.2 Å². The summed E-state index contributed by atoms with van der Waals surface area (Å²) in [6.07, 6.45) is 9.08. The van der Waals surface area contributed by atoms with Crippen LogP contribution in [-0.4, -0.2) is 19.5 Å². The van der Waals surface area contributed by atoms with E-state index >= 15 is 0 Å². The molecule has 0 amide bonds. The van der Waals surface area contributed by atoms with Gasteiger partial charge in [-0.25, -0.2) is 15.0 Å². The summed E-state index contributed by atoms with van der Waals surface area (Å²) in [5, 5.41) is 0.730. The number of benzene rings is 1. The summed E-state index contributed by atoms with van der Waals surface area (Å²) in [5.74, 6) is 3.96. The summed E-state index contributed by atoms with van der Waals surface area (Å²) >= 11 is 6.05. The van der Waals surface area contributed by atoms with E-state index in [9.17, 15) is 0 Å². The Balaban J connectivity index is 2.03. The minimum absolute atomic E-state index is 0.393. The third-order valence-electron chi connectivity index (χ3n) is 4.00. The number of unbranched alkanes of at least 4 members (excludes halogenated alkanes) is 1. The average Bonchev–Trinajstić information content (AvgIpc) is 2.90. The van der Waals surface area contributed by atoms with Crippen molar-refractivity contribution in [2.24, 2.45) is 0 Å². The lowest BCUT2D eigenvalue weighted by Crippen LogP contribution is -2.06. The maximum atomic E-state index is 6.05. The summed E-state index contributed by atoms with van der Waals surface area (Å²) in [4.78, 5) is 13.1. The third kappa shape index (κ3) is 3.19. The van der Waals surface area contributed by atoms with Gasteiger partial charge in [0.1, 0.15) is 12.2 Å². The molecule has 0 aliphatic rings. The lowest BCUT2D eigenvalue weighted by molar-refractivity contribution is 0.639. The van der Waals surface area contributed by atoms with Gasteiger partial charge in [-0.1, -0.05) is 17.7 Å². The number of aromatic nitrogens is 4. The number of hydrogen-bond donors (Lipinski definition) is 1. The first-order valence-corrected chi connectivity index (χ1v) is 8.12. The molecular formula is C18H18ClN5. The standard InChI is InChI=1S/C18H18ClN5/c1-3-4-5-8-24-15(10-13-6-7-14(19)9-12(13)2)23-16-17(20)21-11-22-18(16)24/h1,6-7,9,11H,4-5,8,10H2,2H3,(H2,20,21,22). The van der Waals surface area contributed by atoms with Gasteiger partial charge >= 0.3 is 0 Å². The molecule has 0 unspecified atom stereocenters. The Labute approximate surface area is 145 Å². The fraction of sp³-hybridized carbons (Fsp3) is 0.278. The van der Waals surface area contributed by atoms with Crippen LogP contribution in [0, 0.1) is 19.3 Å². The van der Waals surface area contributed by atoms with Gasteiger partial charge in [-0.2, -0.15) is 0 Å². The van der Waals surface area contributed by atoms with Crippen LogP contribution in [0.5, 0.6) is 0 Å². The molecular weight excluding hydrogens is 322 g/mol. The van der Waals surface area contributed by atoms with E-state index in [4.69, 9.17) is 23.8 Å². The van der Waals surface area contributed by atoms with E-state index in [0.717, 1.165) is 35.0 Å². The Morgan fingerprint density at radius 2 is 2.17 bits per heavy atom. The van der Waals surface area contributed by atoms with Crippen molar-refractivity contribution in [1.29, 1.82) is 0 Å². The molecule has 0 fully saturated rings. The molecule has 1 aromatic carbocycles. The largest absolute Gasteiger partial charge is 0.382 e. The van der Waals surface area contributed by atoms with E-state index in [1.54, 1.807) is 0 Å². The molecule has 24 heavy (non-hydrogen) atoms. The van der Waals surface area contributed by atoms with Crippen molar-refractivity contribution in [3.8, 4) is 12.3 Å². The summed E-state index contributed by atoms with van der Waals surface area (Å²) in [6, 6.07) is 5.87. The summed E-state index contributed by atoms with van der Waals surface area (Å²) in [6.45, 7) is 2.79. The van der Waals surface area contributed by atoms with Gasteiger partial charge < -0.3 is 10.3 Å². The lowest BCUT2D eigenvalue weighted by atomic mass is 10.1. The molecule has 0 saturated carbocycles. The summed E-state index contributed by atoms with van der Waals surface area (Å²) in [7, 11) is 0. The van der Waals surface area contributed by atoms with Crippen LogP contribution < -0.4 is 5.73 Å². The van der Waals surface area contributed by atoms with Crippen molar-refractivity contribution >= 4 is 28.6 Å². The molecule has 0 bridgehead atoms. The lowest BCUT2D eigenvalue weighted by Gasteiger charge is -2.09. The number of rotatable bonds is 5. The highest BCUT2D eigenvalue weighted by Gasteiger charge is 2.15. The van der Waals surface area contributed by atoms with Gasteiger partial charge in [0.15, 0.2) is 17.0 Å². The molecule has 0 spiro atoms. The highest BCUT2D eigenvalue weighted by Crippen LogP contribution is 2.23. The predicted molar refractivity (Wildman–Crippen MR) is 96.8 cm³/mol. The van der Waals surface area contributed by atoms with Gasteiger partial charge in [0.25, 0.3) is 0 Å². The minimum Gasteiger partial charge on any atom is -0.382 e. The Kier molecular flexibility index (Phi) is 4.68. The highest BCUT2D eigenvalue weighted by atomic mass is 35.5. The average molecular weight is 340 g/mol. The molecule has 5 nitrogen and oxygen atoms in total. The zero-order valence-corrected chi connectivity index (χ0v) is 14.2. The normalized spacial score (nSPS) is 10.9. The topological polar surface area (TPSA) is 69.6 Å². The second kappa shape index (κ2) is 6.90. The molecule has 2 N–H and O–H groups in total. The number of hydrogen-bond acceptors (Lipinski definition) is 4. The smallest absolute Gasteiger partial charge is 0.165 e. The number of halogens is 1. The van der Waals surface area contributed by atoms with Crippen LogP contribution in [0.2, 0.25) is 5.02 Å². The fourth-order valence-corrected chi connectivity index (χ4v) is 2.96. The SMILES string of the molecule is C#CCCCn1c(Cc2ccc(Cl)cc2C)nc2c(N)ncnc21. The van der Waals surface area contributed by atoms with Gasteiger partial charge in [-0.15, -0.1) is 12.3 Å². The van der Waals surface area contributed by atoms with Crippen molar-refractivity contribution in [2.75, 3.05) is 5.73 Å². The molecule has 3 aromatic rings. The molecule has 122 valence electrons. The zero-order chi connectivity index (χ0) is 17.1. The van der Waals surface area contributed by atoms with Crippen molar-refractivity contribution < 1.29 is 0 Å². The summed E-state index contributed by atoms with van der Waals surface area (Å²) in [5.41, 5.74) is 9.64. The van der Waals surface area contributed by atoms with Gasteiger partial charge in [-0.05, 0) is 36.6 Å². The quantitative estimate of drug-likeness (QED) is 0.571. The number of nitrogen functional groups attached to an aromatic ring is 1. The molecule has 6 heteroatoms. The Morgan fingerprint density at radius 1 is 1.33 bits per heavy atom. The molecule has 2 aromatic heterocycles. The summed E-state index contributed by atoms with van der Waals surface area (Å²) < 4.78 is 2.08. The van der Waals surface area contributed by atoms with Crippen LogP contribution in [0.4, 0.5) is 5.82 Å². The number of fused-ring (bicyclic) bond motifs is 1. The number of terminal acetylenes is 1. The van der Waals surface area contributed by atoms with E-state index in [-0.39, 0.29) is 0 Å². The van der Waals surface area contributed by atoms with E-state index in [2.05, 4.69) is 25.4 Å². The van der Waals surface area contributed by atoms with Gasteiger partial charge in [0, 0.05) is 24.4 Å². The molecule has 0 atom stereocenters. The second-order valence-electron chi connectivity index (χ2n) is 5.67. The molecule has 2 heterocycles. The van der Waals surface area contributed by atoms with Crippen LogP contribution in [0.1, 0.15) is 29.8 Å². The molecule has 0 radical (unpaired) electrons. The van der Waals surface area contributed by atoms with Crippen LogP contribution in [0.3, 0.4) is 0 Å². The van der Waals surface area contributed by atoms with Crippen LogP contribution >= 0.6 is 11.6 Å². The number of aryl methyl sites for hydroxylation is 2. The minimum atomic E-state index is 0.393. The van der Waals surface area contributed by atoms with Crippen molar-refractivity contribution in [3.05, 3.63) is 46.5 Å². The van der Waals surface area contributed by atoms with Crippen molar-refractivity contribution in [3.63, 3.8) is 0 Å². The van der Waals surface area contributed by atoms with Crippen LogP contribution in [0.25, 0.3) is 11.2 Å². The van der Waals surface area contributed by atoms with Crippen LogP contribution in [-0.2, 0) is 13.0 Å². The van der Waals surface area contributed by atoms with Gasteiger partial charge in [0.05, 0.1) is 0 Å². The number of nitrogens with two attached hydrogens (primary N) is 1. The Hall–Kier alpha value is -2.58. The maximum Gasteiger partial charge on any atom is 0.165 e. The first kappa shape index (κ1) is 16.3. The highest BCUT2D eigenvalue weighted by molar-refractivity contribution is 6.30. The zero-order valence-electron chi connectivity index (χ0n) is 13.5.